The average molecular weight is 395 g/mol. The van der Waals surface area contributed by atoms with E-state index in [0.29, 0.717) is 26.2 Å². The van der Waals surface area contributed by atoms with Gasteiger partial charge in [0.05, 0.1) is 23.6 Å². The van der Waals surface area contributed by atoms with Crippen LogP contribution in [0.4, 0.5) is 4.79 Å². The second-order valence-electron chi connectivity index (χ2n) is 6.29. The third-order valence-electron chi connectivity index (χ3n) is 4.34. The van der Waals surface area contributed by atoms with E-state index in [2.05, 4.69) is 17.6 Å². The molecule has 5 nitrogen and oxygen atoms in total. The Kier molecular flexibility index (Phi) is 6.91. The van der Waals surface area contributed by atoms with Crippen LogP contribution < -0.4 is 5.32 Å². The molecule has 1 aliphatic heterocycles. The van der Waals surface area contributed by atoms with E-state index in [1.54, 1.807) is 4.90 Å². The topological polar surface area (TPSA) is 50.8 Å². The maximum absolute atomic E-state index is 12.3. The van der Waals surface area contributed by atoms with Gasteiger partial charge in [-0.05, 0) is 29.5 Å². The number of thiophene rings is 1. The highest BCUT2D eigenvalue weighted by Crippen LogP contribution is 2.24. The van der Waals surface area contributed by atoms with Crippen LogP contribution in [0.25, 0.3) is 0 Å². The lowest BCUT2D eigenvalue weighted by molar-refractivity contribution is -0.0278. The first-order valence-corrected chi connectivity index (χ1v) is 9.92. The maximum Gasteiger partial charge on any atom is 0.410 e. The number of nitrogens with one attached hydrogen (secondary N) is 1. The van der Waals surface area contributed by atoms with Crippen molar-refractivity contribution in [2.75, 3.05) is 26.2 Å². The summed E-state index contributed by atoms with van der Waals surface area (Å²) in [5.41, 5.74) is 2.14. The largest absolute Gasteiger partial charge is 0.445 e. The van der Waals surface area contributed by atoms with E-state index in [0.717, 1.165) is 15.5 Å². The van der Waals surface area contributed by atoms with Gasteiger partial charge in [-0.25, -0.2) is 4.79 Å². The number of amides is 1. The minimum Gasteiger partial charge on any atom is -0.445 e. The van der Waals surface area contributed by atoms with Crippen molar-refractivity contribution >= 4 is 29.0 Å². The van der Waals surface area contributed by atoms with Gasteiger partial charge in [-0.15, -0.1) is 11.3 Å². The lowest BCUT2D eigenvalue weighted by Crippen LogP contribution is -2.49. The van der Waals surface area contributed by atoms with Gasteiger partial charge < -0.3 is 19.7 Å². The zero-order valence-electron chi connectivity index (χ0n) is 14.7. The molecular weight excluding hydrogens is 372 g/mol. The van der Waals surface area contributed by atoms with Crippen molar-refractivity contribution in [3.63, 3.8) is 0 Å². The quantitative estimate of drug-likeness (QED) is 0.801. The Balaban J connectivity index is 1.43. The number of ether oxygens (including phenoxy) is 2. The smallest absolute Gasteiger partial charge is 0.410 e. The van der Waals surface area contributed by atoms with E-state index in [1.807, 2.05) is 36.4 Å². The molecule has 2 unspecified atom stereocenters. The number of hydrogen-bond donors (Lipinski definition) is 1. The zero-order valence-corrected chi connectivity index (χ0v) is 16.3. The molecule has 0 radical (unpaired) electrons. The van der Waals surface area contributed by atoms with Gasteiger partial charge in [0.2, 0.25) is 0 Å². The standard InChI is InChI=1S/C19H23ClN2O3S/c1-14(16-9-18(20)26-13-16)21-10-17-11-22(7-8-24-17)19(23)25-12-15-5-3-2-4-6-15/h2-6,9,13-14,17,21H,7-8,10-12H2,1H3. The monoisotopic (exact) mass is 394 g/mol. The van der Waals surface area contributed by atoms with Crippen LogP contribution >= 0.6 is 22.9 Å². The van der Waals surface area contributed by atoms with E-state index in [-0.39, 0.29) is 24.8 Å². The fourth-order valence-corrected chi connectivity index (χ4v) is 3.78. The van der Waals surface area contributed by atoms with Gasteiger partial charge in [0.25, 0.3) is 0 Å². The van der Waals surface area contributed by atoms with Crippen molar-refractivity contribution in [2.45, 2.75) is 25.7 Å². The molecule has 26 heavy (non-hydrogen) atoms. The SMILES string of the molecule is CC(NCC1CN(C(=O)OCc2ccccc2)CCO1)c1csc(Cl)c1. The van der Waals surface area contributed by atoms with Crippen LogP contribution in [0.15, 0.2) is 41.8 Å². The molecule has 1 saturated heterocycles. The van der Waals surface area contributed by atoms with Gasteiger partial charge in [-0.2, -0.15) is 0 Å². The number of morpholine rings is 1. The van der Waals surface area contributed by atoms with Gasteiger partial charge >= 0.3 is 6.09 Å². The van der Waals surface area contributed by atoms with Crippen LogP contribution in [0.2, 0.25) is 4.34 Å². The summed E-state index contributed by atoms with van der Waals surface area (Å²) in [4.78, 5) is 14.0. The summed E-state index contributed by atoms with van der Waals surface area (Å²) in [5, 5.41) is 5.49. The van der Waals surface area contributed by atoms with Crippen molar-refractivity contribution in [3.05, 3.63) is 57.2 Å². The predicted octanol–water partition coefficient (Wildman–Crippen LogP) is 4.09. The van der Waals surface area contributed by atoms with E-state index in [1.165, 1.54) is 11.3 Å². The Morgan fingerprint density at radius 3 is 3.00 bits per heavy atom. The molecule has 0 saturated carbocycles. The van der Waals surface area contributed by atoms with Gasteiger partial charge in [0.1, 0.15) is 6.61 Å². The fraction of sp³-hybridized carbons (Fsp3) is 0.421. The van der Waals surface area contributed by atoms with Crippen molar-refractivity contribution in [3.8, 4) is 0 Å². The summed E-state index contributed by atoms with van der Waals surface area (Å²) in [6.45, 7) is 4.64. The summed E-state index contributed by atoms with van der Waals surface area (Å²) in [6.07, 6.45) is -0.343. The van der Waals surface area contributed by atoms with Crippen LogP contribution in [0, 0.1) is 0 Å². The average Bonchev–Trinajstić information content (AvgIpc) is 3.12. The predicted molar refractivity (Wildman–Crippen MR) is 104 cm³/mol. The highest BCUT2D eigenvalue weighted by atomic mass is 35.5. The fourth-order valence-electron chi connectivity index (χ4n) is 2.80. The minimum atomic E-state index is -0.292. The van der Waals surface area contributed by atoms with Crippen LogP contribution in [0.5, 0.6) is 0 Å². The second-order valence-corrected chi connectivity index (χ2v) is 7.84. The summed E-state index contributed by atoms with van der Waals surface area (Å²) < 4.78 is 12.0. The van der Waals surface area contributed by atoms with Crippen LogP contribution in [0.1, 0.15) is 24.1 Å². The molecule has 1 amide bonds. The first-order valence-electron chi connectivity index (χ1n) is 8.66. The van der Waals surface area contributed by atoms with E-state index < -0.39 is 0 Å². The number of hydrogen-bond acceptors (Lipinski definition) is 5. The molecule has 0 aliphatic carbocycles. The molecule has 1 aromatic heterocycles. The molecular formula is C19H23ClN2O3S. The van der Waals surface area contributed by atoms with Crippen LogP contribution in [-0.2, 0) is 16.1 Å². The molecule has 2 aromatic rings. The Labute approximate surface area is 162 Å². The number of carbonyl (C=O) groups excluding carboxylic acids is 1. The maximum atomic E-state index is 12.3. The Hall–Kier alpha value is -1.60. The van der Waals surface area contributed by atoms with Gasteiger partial charge in [0, 0.05) is 19.1 Å². The summed E-state index contributed by atoms with van der Waals surface area (Å²) in [7, 11) is 0. The minimum absolute atomic E-state index is 0.0513. The molecule has 2 atom stereocenters. The summed E-state index contributed by atoms with van der Waals surface area (Å²) in [5.74, 6) is 0. The molecule has 1 aliphatic rings. The van der Waals surface area contributed by atoms with Crippen LogP contribution in [-0.4, -0.2) is 43.3 Å². The Morgan fingerprint density at radius 2 is 2.27 bits per heavy atom. The molecule has 1 fully saturated rings. The van der Waals surface area contributed by atoms with Gasteiger partial charge in [0.15, 0.2) is 0 Å². The third kappa shape index (κ3) is 5.45. The Bertz CT molecular complexity index is 710. The van der Waals surface area contributed by atoms with Gasteiger partial charge in [-0.3, -0.25) is 0 Å². The van der Waals surface area contributed by atoms with Crippen molar-refractivity contribution < 1.29 is 14.3 Å². The molecule has 3 rings (SSSR count). The number of carbonyl (C=O) groups is 1. The molecule has 1 aromatic carbocycles. The molecule has 1 N–H and O–H groups in total. The summed E-state index contributed by atoms with van der Waals surface area (Å²) in [6, 6.07) is 11.8. The highest BCUT2D eigenvalue weighted by molar-refractivity contribution is 7.14. The zero-order chi connectivity index (χ0) is 18.4. The number of halogens is 1. The van der Waals surface area contributed by atoms with Crippen molar-refractivity contribution in [1.29, 1.82) is 0 Å². The lowest BCUT2D eigenvalue weighted by Gasteiger charge is -2.33. The van der Waals surface area contributed by atoms with E-state index >= 15 is 0 Å². The molecule has 0 bridgehead atoms. The molecule has 0 spiro atoms. The number of benzene rings is 1. The normalized spacial score (nSPS) is 18.5. The van der Waals surface area contributed by atoms with Crippen molar-refractivity contribution in [2.24, 2.45) is 0 Å². The van der Waals surface area contributed by atoms with E-state index in [9.17, 15) is 4.79 Å². The molecule has 7 heteroatoms. The number of rotatable bonds is 6. The second kappa shape index (κ2) is 9.37. The first-order chi connectivity index (χ1) is 12.6. The van der Waals surface area contributed by atoms with Crippen molar-refractivity contribution in [1.82, 2.24) is 10.2 Å². The first kappa shape index (κ1) is 19.2. The third-order valence-corrected chi connectivity index (χ3v) is 5.45. The molecule has 140 valence electrons. The Morgan fingerprint density at radius 1 is 1.46 bits per heavy atom. The lowest BCUT2D eigenvalue weighted by atomic mass is 10.1. The van der Waals surface area contributed by atoms with Crippen LogP contribution in [0.3, 0.4) is 0 Å². The number of nitrogens with zero attached hydrogens (tertiary/aromatic N) is 1. The highest BCUT2D eigenvalue weighted by Gasteiger charge is 2.25. The van der Waals surface area contributed by atoms with Gasteiger partial charge in [-0.1, -0.05) is 41.9 Å². The molecule has 2 heterocycles. The summed E-state index contributed by atoms with van der Waals surface area (Å²) >= 11 is 7.52. The van der Waals surface area contributed by atoms with E-state index in [4.69, 9.17) is 21.1 Å².